The summed E-state index contributed by atoms with van der Waals surface area (Å²) in [5, 5.41) is 23.4. The van der Waals surface area contributed by atoms with Crippen molar-refractivity contribution in [3.8, 4) is 0 Å². The zero-order chi connectivity index (χ0) is 21.9. The van der Waals surface area contributed by atoms with E-state index in [0.717, 1.165) is 49.4 Å². The van der Waals surface area contributed by atoms with Crippen LogP contribution in [0.4, 0.5) is 4.79 Å². The van der Waals surface area contributed by atoms with Crippen molar-refractivity contribution in [2.24, 2.45) is 5.92 Å². The van der Waals surface area contributed by atoms with Crippen molar-refractivity contribution in [3.63, 3.8) is 0 Å². The monoisotopic (exact) mass is 458 g/mol. The van der Waals surface area contributed by atoms with E-state index in [4.69, 9.17) is 4.74 Å². The summed E-state index contributed by atoms with van der Waals surface area (Å²) in [6, 6.07) is -0.655. The summed E-state index contributed by atoms with van der Waals surface area (Å²) in [6.45, 7) is 10.7. The second kappa shape index (κ2) is 9.92. The molecule has 172 valence electrons. The second-order valence-electron chi connectivity index (χ2n) is 9.79. The van der Waals surface area contributed by atoms with Crippen molar-refractivity contribution >= 4 is 29.6 Å². The number of nitrogens with one attached hydrogen (secondary N) is 1. The minimum absolute atomic E-state index is 0.0292. The molecule has 0 aromatic heterocycles. The highest BCUT2D eigenvalue weighted by molar-refractivity contribution is 8.18. The number of ether oxygens (including phenoxy) is 1. The first kappa shape index (κ1) is 24.1. The molecule has 8 heteroatoms. The predicted octanol–water partition coefficient (Wildman–Crippen LogP) is 3.93. The van der Waals surface area contributed by atoms with Gasteiger partial charge < -0.3 is 25.2 Å². The highest BCUT2D eigenvalue weighted by Crippen LogP contribution is 2.52. The summed E-state index contributed by atoms with van der Waals surface area (Å²) < 4.78 is 5.51. The molecule has 1 saturated carbocycles. The molecule has 1 amide bonds. The van der Waals surface area contributed by atoms with E-state index >= 15 is 0 Å². The van der Waals surface area contributed by atoms with Crippen molar-refractivity contribution < 1.29 is 19.7 Å². The van der Waals surface area contributed by atoms with Gasteiger partial charge in [0, 0.05) is 12.2 Å². The Morgan fingerprint density at radius 1 is 1.17 bits per heavy atom. The minimum atomic E-state index is -1.43. The molecular formula is C22H38N2O4S2. The fourth-order valence-electron chi connectivity index (χ4n) is 4.83. The molecule has 3 aliphatic rings. The molecule has 2 saturated heterocycles. The van der Waals surface area contributed by atoms with E-state index in [1.165, 1.54) is 12.8 Å². The number of carbonyl (C=O) groups is 1. The molecule has 0 radical (unpaired) electrons. The van der Waals surface area contributed by atoms with Crippen LogP contribution < -0.4 is 5.32 Å². The Morgan fingerprint density at radius 3 is 2.37 bits per heavy atom. The lowest BCUT2D eigenvalue weighted by Crippen LogP contribution is -2.50. The van der Waals surface area contributed by atoms with E-state index in [-0.39, 0.29) is 10.1 Å². The number of aliphatic hydroxyl groups excluding tert-OH is 1. The first-order valence-electron chi connectivity index (χ1n) is 11.2. The van der Waals surface area contributed by atoms with E-state index in [9.17, 15) is 15.0 Å². The van der Waals surface area contributed by atoms with Gasteiger partial charge in [-0.15, -0.1) is 23.5 Å². The van der Waals surface area contributed by atoms with Crippen LogP contribution in [0.1, 0.15) is 65.7 Å². The molecule has 2 aliphatic heterocycles. The quantitative estimate of drug-likeness (QED) is 0.539. The smallest absolute Gasteiger partial charge is 0.408 e. The van der Waals surface area contributed by atoms with Gasteiger partial charge in [0.25, 0.3) is 0 Å². The van der Waals surface area contributed by atoms with Gasteiger partial charge in [-0.1, -0.05) is 25.8 Å². The Hall–Kier alpha value is -0.570. The van der Waals surface area contributed by atoms with Crippen molar-refractivity contribution in [2.75, 3.05) is 18.1 Å². The van der Waals surface area contributed by atoms with Crippen LogP contribution in [0.25, 0.3) is 0 Å². The summed E-state index contributed by atoms with van der Waals surface area (Å²) >= 11 is 3.86. The number of hydrogen-bond acceptors (Lipinski definition) is 7. The van der Waals surface area contributed by atoms with Crippen LogP contribution in [0.3, 0.4) is 0 Å². The Morgan fingerprint density at radius 2 is 1.80 bits per heavy atom. The average molecular weight is 459 g/mol. The van der Waals surface area contributed by atoms with Gasteiger partial charge in [-0.25, -0.2) is 4.79 Å². The van der Waals surface area contributed by atoms with Crippen LogP contribution in [0.2, 0.25) is 0 Å². The van der Waals surface area contributed by atoms with Gasteiger partial charge >= 0.3 is 6.09 Å². The second-order valence-corrected chi connectivity index (χ2v) is 13.0. The maximum atomic E-state index is 12.6. The molecule has 2 heterocycles. The summed E-state index contributed by atoms with van der Waals surface area (Å²) in [4.78, 5) is 14.7. The van der Waals surface area contributed by atoms with Gasteiger partial charge in [-0.3, -0.25) is 0 Å². The summed E-state index contributed by atoms with van der Waals surface area (Å²) in [5.41, 5.74) is 0.217. The number of thioether (sulfide) groups is 2. The SMILES string of the molecule is C=C(C(NC(=O)OC(C)(C)C)C1CCCCC1)N1CC2(CC1C(O)O)SCCCS2. The third-order valence-electron chi connectivity index (χ3n) is 6.22. The third-order valence-corrected chi connectivity index (χ3v) is 9.55. The number of rotatable bonds is 5. The Bertz CT molecular complexity index is 611. The normalized spacial score (nSPS) is 26.1. The molecule has 3 N–H and O–H groups in total. The molecule has 3 fully saturated rings. The van der Waals surface area contributed by atoms with Crippen LogP contribution >= 0.6 is 23.5 Å². The molecule has 1 aliphatic carbocycles. The number of aliphatic hydroxyl groups is 2. The van der Waals surface area contributed by atoms with Crippen LogP contribution in [0, 0.1) is 5.92 Å². The van der Waals surface area contributed by atoms with Crippen LogP contribution in [0.5, 0.6) is 0 Å². The van der Waals surface area contributed by atoms with Gasteiger partial charge in [0.2, 0.25) is 0 Å². The Labute approximate surface area is 189 Å². The topological polar surface area (TPSA) is 82.0 Å². The molecule has 3 rings (SSSR count). The summed E-state index contributed by atoms with van der Waals surface area (Å²) in [7, 11) is 0. The highest BCUT2D eigenvalue weighted by atomic mass is 32.2. The molecule has 2 atom stereocenters. The number of alkyl carbamates (subject to hydrolysis) is 1. The van der Waals surface area contributed by atoms with Crippen LogP contribution in [-0.4, -0.2) is 67.3 Å². The number of amides is 1. The van der Waals surface area contributed by atoms with Crippen LogP contribution in [-0.2, 0) is 4.74 Å². The van der Waals surface area contributed by atoms with Crippen molar-refractivity contribution in [2.45, 2.75) is 93.8 Å². The van der Waals surface area contributed by atoms with Crippen LogP contribution in [0.15, 0.2) is 12.3 Å². The zero-order valence-electron chi connectivity index (χ0n) is 18.6. The summed E-state index contributed by atoms with van der Waals surface area (Å²) in [5.74, 6) is 2.49. The lowest BCUT2D eigenvalue weighted by atomic mass is 9.82. The molecule has 2 unspecified atom stereocenters. The van der Waals surface area contributed by atoms with Gasteiger partial charge in [0.05, 0.1) is 16.2 Å². The highest BCUT2D eigenvalue weighted by Gasteiger charge is 2.49. The number of nitrogens with zero attached hydrogens (tertiary/aromatic N) is 1. The van der Waals surface area contributed by atoms with E-state index in [0.29, 0.717) is 12.3 Å². The van der Waals surface area contributed by atoms with Crippen molar-refractivity contribution in [3.05, 3.63) is 12.3 Å². The molecule has 6 nitrogen and oxygen atoms in total. The molecule has 30 heavy (non-hydrogen) atoms. The molecule has 1 spiro atoms. The minimum Gasteiger partial charge on any atom is -0.444 e. The number of carbonyl (C=O) groups excluding carboxylic acids is 1. The van der Waals surface area contributed by atoms with E-state index in [2.05, 4.69) is 16.8 Å². The molecular weight excluding hydrogens is 420 g/mol. The summed E-state index contributed by atoms with van der Waals surface area (Å²) in [6.07, 6.45) is 5.62. The average Bonchev–Trinajstić information content (AvgIpc) is 3.05. The van der Waals surface area contributed by atoms with Gasteiger partial charge in [0.15, 0.2) is 6.29 Å². The van der Waals surface area contributed by atoms with Gasteiger partial charge in [-0.2, -0.15) is 0 Å². The maximum absolute atomic E-state index is 12.6. The lowest BCUT2D eigenvalue weighted by Gasteiger charge is -2.39. The zero-order valence-corrected chi connectivity index (χ0v) is 20.2. The largest absolute Gasteiger partial charge is 0.444 e. The fourth-order valence-corrected chi connectivity index (χ4v) is 8.21. The van der Waals surface area contributed by atoms with Gasteiger partial charge in [-0.05, 0) is 63.9 Å². The van der Waals surface area contributed by atoms with E-state index < -0.39 is 24.0 Å². The first-order valence-corrected chi connectivity index (χ1v) is 13.2. The molecule has 0 bridgehead atoms. The Balaban J connectivity index is 1.80. The maximum Gasteiger partial charge on any atom is 0.408 e. The molecule has 0 aromatic rings. The van der Waals surface area contributed by atoms with E-state index in [1.807, 2.05) is 44.3 Å². The first-order chi connectivity index (χ1) is 14.1. The third kappa shape index (κ3) is 6.02. The van der Waals surface area contributed by atoms with Gasteiger partial charge in [0.1, 0.15) is 5.60 Å². The number of hydrogen-bond donors (Lipinski definition) is 3. The van der Waals surface area contributed by atoms with Crippen molar-refractivity contribution in [1.82, 2.24) is 10.2 Å². The van der Waals surface area contributed by atoms with E-state index in [1.54, 1.807) is 0 Å². The predicted molar refractivity (Wildman–Crippen MR) is 124 cm³/mol. The van der Waals surface area contributed by atoms with Crippen molar-refractivity contribution in [1.29, 1.82) is 0 Å². The lowest BCUT2D eigenvalue weighted by molar-refractivity contribution is -0.0858. The molecule has 0 aromatic carbocycles. The number of likely N-dealkylation sites (tertiary alicyclic amines) is 1. The standard InChI is InChI=1S/C22H38N2O4S2/c1-15(24-14-22(13-17(24)19(25)26)29-11-8-12-30-22)18(16-9-6-5-7-10-16)23-20(27)28-21(2,3)4/h16-19,25-26H,1,5-14H2,2-4H3,(H,23,27). The fraction of sp³-hybridized carbons (Fsp3) is 0.864. The Kier molecular flexibility index (Phi) is 7.96.